The minimum atomic E-state index is -1.59. The lowest BCUT2D eigenvalue weighted by molar-refractivity contribution is -0.277. The number of ether oxygens (including phenoxy) is 3. The average Bonchev–Trinajstić information content (AvgIpc) is 2.65. The Morgan fingerprint density at radius 1 is 1.14 bits per heavy atom. The lowest BCUT2D eigenvalue weighted by Crippen LogP contribution is -2.60. The third kappa shape index (κ3) is 3.77. The van der Waals surface area contributed by atoms with E-state index in [1.807, 2.05) is 0 Å². The first-order chi connectivity index (χ1) is 13.2. The summed E-state index contributed by atoms with van der Waals surface area (Å²) in [4.78, 5) is 12.1. The Bertz CT molecular complexity index is 890. The third-order valence-corrected chi connectivity index (χ3v) is 4.27. The Balaban J connectivity index is 1.89. The zero-order valence-corrected chi connectivity index (χ0v) is 15.2. The summed E-state index contributed by atoms with van der Waals surface area (Å²) < 4.78 is 21.2. The molecule has 1 saturated heterocycles. The maximum absolute atomic E-state index is 12.1. The molecule has 1 aromatic heterocycles. The van der Waals surface area contributed by atoms with Crippen molar-refractivity contribution in [3.8, 4) is 17.2 Å². The van der Waals surface area contributed by atoms with Gasteiger partial charge in [0.2, 0.25) is 12.0 Å². The monoisotopic (exact) mass is 398 g/mol. The quantitative estimate of drug-likeness (QED) is 0.414. The van der Waals surface area contributed by atoms with Gasteiger partial charge >= 0.3 is 5.63 Å². The highest BCUT2D eigenvalue weighted by atomic mass is 16.7. The van der Waals surface area contributed by atoms with E-state index in [1.165, 1.54) is 18.2 Å². The van der Waals surface area contributed by atoms with Gasteiger partial charge in [0.15, 0.2) is 5.75 Å². The number of hydrogen-bond acceptors (Lipinski definition) is 10. The minimum absolute atomic E-state index is 0.000645. The van der Waals surface area contributed by atoms with Crippen LogP contribution in [0, 0.1) is 0 Å². The lowest BCUT2D eigenvalue weighted by atomic mass is 9.99. The summed E-state index contributed by atoms with van der Waals surface area (Å²) in [6.45, 7) is 2.80. The zero-order valence-electron chi connectivity index (χ0n) is 15.2. The molecular weight excluding hydrogens is 376 g/mol. The van der Waals surface area contributed by atoms with Crippen LogP contribution in [0.4, 0.5) is 0 Å². The molecule has 154 valence electrons. The highest BCUT2D eigenvalue weighted by molar-refractivity contribution is 5.86. The highest BCUT2D eigenvalue weighted by Gasteiger charge is 2.44. The first kappa shape index (κ1) is 20.4. The molecule has 0 aliphatic carbocycles. The molecule has 5 N–H and O–H groups in total. The van der Waals surface area contributed by atoms with Gasteiger partial charge in [-0.15, -0.1) is 0 Å². The van der Waals surface area contributed by atoms with Crippen LogP contribution in [0.5, 0.6) is 17.2 Å². The third-order valence-electron chi connectivity index (χ3n) is 4.27. The molecule has 10 nitrogen and oxygen atoms in total. The number of fused-ring (bicyclic) bond motifs is 1. The summed E-state index contributed by atoms with van der Waals surface area (Å²) in [5.41, 5.74) is -0.871. The van der Waals surface area contributed by atoms with Crippen molar-refractivity contribution in [2.24, 2.45) is 0 Å². The smallest absolute Gasteiger partial charge is 0.383 e. The fraction of sp³-hybridized carbons (Fsp3) is 0.500. The number of aromatic hydroxyl groups is 1. The van der Waals surface area contributed by atoms with Gasteiger partial charge in [-0.25, -0.2) is 4.79 Å². The Hall–Kier alpha value is -2.37. The maximum atomic E-state index is 12.1. The number of rotatable bonds is 5. The summed E-state index contributed by atoms with van der Waals surface area (Å²) in [5.74, 6) is -0.582. The van der Waals surface area contributed by atoms with Gasteiger partial charge in [0.1, 0.15) is 35.7 Å². The van der Waals surface area contributed by atoms with Crippen molar-refractivity contribution in [3.05, 3.63) is 28.6 Å². The van der Waals surface area contributed by atoms with Gasteiger partial charge in [0.05, 0.1) is 18.1 Å². The number of aliphatic hydroxyl groups excluding tert-OH is 4. The van der Waals surface area contributed by atoms with E-state index >= 15 is 0 Å². The molecule has 2 heterocycles. The van der Waals surface area contributed by atoms with Crippen LogP contribution < -0.4 is 15.1 Å². The van der Waals surface area contributed by atoms with E-state index in [4.69, 9.17) is 18.6 Å². The normalized spacial score (nSPS) is 27.9. The predicted molar refractivity (Wildman–Crippen MR) is 94.3 cm³/mol. The largest absolute Gasteiger partial charge is 0.504 e. The van der Waals surface area contributed by atoms with Crippen LogP contribution in [-0.2, 0) is 4.74 Å². The molecule has 1 fully saturated rings. The summed E-state index contributed by atoms with van der Waals surface area (Å²) in [7, 11) is 0. The molecule has 5 atom stereocenters. The SMILES string of the molecule is CC(C)Oc1c(O)c2ccc(O[C@@H]3O[C@H](CO)[C@H](O)[C@H](O)[C@H]3O)cc2oc1=O. The van der Waals surface area contributed by atoms with Crippen molar-refractivity contribution >= 4 is 11.0 Å². The molecule has 0 saturated carbocycles. The predicted octanol–water partition coefficient (Wildman–Crippen LogP) is -0.536. The fourth-order valence-electron chi connectivity index (χ4n) is 2.86. The molecule has 1 aliphatic rings. The second kappa shape index (κ2) is 7.94. The van der Waals surface area contributed by atoms with Gasteiger partial charge in [-0.3, -0.25) is 0 Å². The van der Waals surface area contributed by atoms with Crippen LogP contribution >= 0.6 is 0 Å². The van der Waals surface area contributed by atoms with Gasteiger partial charge in [0, 0.05) is 6.07 Å². The molecule has 0 bridgehead atoms. The topological polar surface area (TPSA) is 159 Å². The van der Waals surface area contributed by atoms with E-state index in [1.54, 1.807) is 13.8 Å². The molecule has 28 heavy (non-hydrogen) atoms. The Morgan fingerprint density at radius 2 is 1.86 bits per heavy atom. The Kier molecular flexibility index (Phi) is 5.77. The van der Waals surface area contributed by atoms with E-state index in [2.05, 4.69) is 0 Å². The van der Waals surface area contributed by atoms with Gasteiger partial charge < -0.3 is 44.2 Å². The summed E-state index contributed by atoms with van der Waals surface area (Å²) in [6.07, 6.45) is -7.55. The molecule has 1 aliphatic heterocycles. The fourth-order valence-corrected chi connectivity index (χ4v) is 2.86. The van der Waals surface area contributed by atoms with E-state index in [0.29, 0.717) is 0 Å². The van der Waals surface area contributed by atoms with Crippen molar-refractivity contribution < 1.29 is 44.2 Å². The number of hydrogen-bond donors (Lipinski definition) is 5. The average molecular weight is 398 g/mol. The molecule has 0 spiro atoms. The van der Waals surface area contributed by atoms with Crippen LogP contribution in [0.1, 0.15) is 13.8 Å². The number of benzene rings is 1. The van der Waals surface area contributed by atoms with Crippen molar-refractivity contribution in [1.82, 2.24) is 0 Å². The van der Waals surface area contributed by atoms with Crippen LogP contribution in [0.2, 0.25) is 0 Å². The van der Waals surface area contributed by atoms with Gasteiger partial charge in [-0.2, -0.15) is 0 Å². The maximum Gasteiger partial charge on any atom is 0.383 e. The molecule has 3 rings (SSSR count). The van der Waals surface area contributed by atoms with Crippen molar-refractivity contribution in [2.45, 2.75) is 50.7 Å². The summed E-state index contributed by atoms with van der Waals surface area (Å²) in [6, 6.07) is 4.12. The number of aliphatic hydroxyl groups is 4. The van der Waals surface area contributed by atoms with Crippen LogP contribution in [0.25, 0.3) is 11.0 Å². The second-order valence-corrected chi connectivity index (χ2v) is 6.71. The zero-order chi connectivity index (χ0) is 20.6. The standard InChI is InChI=1S/C18H22O10/c1-7(2)25-16-12(20)9-4-3-8(5-10(9)27-17(16)24)26-18-15(23)14(22)13(21)11(6-19)28-18/h3-5,7,11,13-15,18-23H,6H2,1-2H3/t11-,13+,14+,15-,18-/m1/s1. The summed E-state index contributed by atoms with van der Waals surface area (Å²) in [5, 5.41) is 49.3. The van der Waals surface area contributed by atoms with E-state index in [-0.39, 0.29) is 34.3 Å². The Labute approximate surface area is 159 Å². The molecule has 10 heteroatoms. The second-order valence-electron chi connectivity index (χ2n) is 6.71. The van der Waals surface area contributed by atoms with Crippen molar-refractivity contribution in [1.29, 1.82) is 0 Å². The van der Waals surface area contributed by atoms with E-state index in [9.17, 15) is 30.3 Å². The van der Waals surface area contributed by atoms with Crippen molar-refractivity contribution in [2.75, 3.05) is 6.61 Å². The Morgan fingerprint density at radius 3 is 2.50 bits per heavy atom. The van der Waals surface area contributed by atoms with Gasteiger partial charge in [0.25, 0.3) is 0 Å². The first-order valence-electron chi connectivity index (χ1n) is 8.66. The molecular formula is C18H22O10. The van der Waals surface area contributed by atoms with Crippen LogP contribution in [-0.4, -0.2) is 68.9 Å². The minimum Gasteiger partial charge on any atom is -0.504 e. The van der Waals surface area contributed by atoms with Crippen LogP contribution in [0.15, 0.2) is 27.4 Å². The van der Waals surface area contributed by atoms with Crippen LogP contribution in [0.3, 0.4) is 0 Å². The van der Waals surface area contributed by atoms with Gasteiger partial charge in [-0.1, -0.05) is 0 Å². The molecule has 0 unspecified atom stereocenters. The summed E-state index contributed by atoms with van der Waals surface area (Å²) >= 11 is 0. The first-order valence-corrected chi connectivity index (χ1v) is 8.66. The van der Waals surface area contributed by atoms with Gasteiger partial charge in [-0.05, 0) is 26.0 Å². The van der Waals surface area contributed by atoms with Crippen molar-refractivity contribution in [3.63, 3.8) is 0 Å². The highest BCUT2D eigenvalue weighted by Crippen LogP contribution is 2.34. The lowest BCUT2D eigenvalue weighted by Gasteiger charge is -2.39. The van der Waals surface area contributed by atoms with E-state index in [0.717, 1.165) is 0 Å². The van der Waals surface area contributed by atoms with E-state index < -0.39 is 42.9 Å². The molecule has 1 aromatic carbocycles. The molecule has 0 radical (unpaired) electrons. The molecule has 2 aromatic rings. The molecule has 0 amide bonds.